The number of anilines is 1. The molecule has 0 spiro atoms. The van der Waals surface area contributed by atoms with E-state index in [-0.39, 0.29) is 30.7 Å². The summed E-state index contributed by atoms with van der Waals surface area (Å²) in [4.78, 5) is 21.5. The van der Waals surface area contributed by atoms with Gasteiger partial charge in [0, 0.05) is 38.9 Å². The molecule has 0 radical (unpaired) electrons. The van der Waals surface area contributed by atoms with Crippen LogP contribution in [0.3, 0.4) is 0 Å². The fourth-order valence-electron chi connectivity index (χ4n) is 3.25. The van der Waals surface area contributed by atoms with Crippen LogP contribution in [-0.2, 0) is 0 Å². The van der Waals surface area contributed by atoms with Gasteiger partial charge in [-0.1, -0.05) is 0 Å². The van der Waals surface area contributed by atoms with Crippen molar-refractivity contribution in [2.45, 2.75) is 31.7 Å². The number of halogens is 2. The lowest BCUT2D eigenvalue weighted by Gasteiger charge is -2.31. The van der Waals surface area contributed by atoms with E-state index in [2.05, 4.69) is 15.2 Å². The number of amides is 1. The van der Waals surface area contributed by atoms with Crippen molar-refractivity contribution in [2.24, 2.45) is 0 Å². The second kappa shape index (κ2) is 9.30. The number of nitrogens with one attached hydrogen (secondary N) is 1. The van der Waals surface area contributed by atoms with Gasteiger partial charge in [-0.15, -0.1) is 24.8 Å². The van der Waals surface area contributed by atoms with Gasteiger partial charge in [0.1, 0.15) is 5.82 Å². The van der Waals surface area contributed by atoms with E-state index in [1.54, 1.807) is 6.20 Å². The molecule has 2 fully saturated rings. The van der Waals surface area contributed by atoms with Crippen molar-refractivity contribution in [1.82, 2.24) is 15.2 Å². The molecule has 130 valence electrons. The summed E-state index contributed by atoms with van der Waals surface area (Å²) in [5, 5.41) is 3.32. The van der Waals surface area contributed by atoms with Crippen LogP contribution in [0.25, 0.3) is 0 Å². The lowest BCUT2D eigenvalue weighted by molar-refractivity contribution is 0.0744. The summed E-state index contributed by atoms with van der Waals surface area (Å²) in [5.41, 5.74) is 0.744. The van der Waals surface area contributed by atoms with Crippen molar-refractivity contribution in [3.05, 3.63) is 23.9 Å². The predicted octanol–water partition coefficient (Wildman–Crippen LogP) is 2.35. The molecule has 1 atom stereocenters. The number of hydrogen-bond acceptors (Lipinski definition) is 4. The Morgan fingerprint density at radius 2 is 2.04 bits per heavy atom. The molecule has 1 aromatic rings. The van der Waals surface area contributed by atoms with Gasteiger partial charge in [-0.05, 0) is 44.4 Å². The first kappa shape index (κ1) is 20.0. The van der Waals surface area contributed by atoms with Gasteiger partial charge in [0.15, 0.2) is 0 Å². The van der Waals surface area contributed by atoms with Gasteiger partial charge in [-0.25, -0.2) is 4.98 Å². The van der Waals surface area contributed by atoms with Crippen molar-refractivity contribution >= 4 is 36.5 Å². The lowest BCUT2D eigenvalue weighted by atomic mass is 10.1. The molecule has 23 heavy (non-hydrogen) atoms. The van der Waals surface area contributed by atoms with Gasteiger partial charge < -0.3 is 15.1 Å². The first-order valence-electron chi connectivity index (χ1n) is 7.95. The summed E-state index contributed by atoms with van der Waals surface area (Å²) in [6.07, 6.45) is 6.47. The van der Waals surface area contributed by atoms with Crippen molar-refractivity contribution in [2.75, 3.05) is 38.1 Å². The molecule has 3 rings (SSSR count). The Morgan fingerprint density at radius 1 is 1.30 bits per heavy atom. The Bertz CT molecular complexity index is 503. The SMILES string of the molecule is CN(C(=O)c1cccnc1N1CCCCC1)C1CCNC1.Cl.Cl. The van der Waals surface area contributed by atoms with Crippen LogP contribution in [0.1, 0.15) is 36.0 Å². The zero-order valence-corrected chi connectivity index (χ0v) is 15.2. The number of rotatable bonds is 3. The second-order valence-corrected chi connectivity index (χ2v) is 5.98. The summed E-state index contributed by atoms with van der Waals surface area (Å²) >= 11 is 0. The molecule has 5 nitrogen and oxygen atoms in total. The minimum absolute atomic E-state index is 0. The van der Waals surface area contributed by atoms with Gasteiger partial charge in [0.05, 0.1) is 5.56 Å². The quantitative estimate of drug-likeness (QED) is 0.898. The minimum Gasteiger partial charge on any atom is -0.356 e. The molecule has 2 aliphatic rings. The monoisotopic (exact) mass is 360 g/mol. The molecule has 7 heteroatoms. The number of nitrogens with zero attached hydrogens (tertiary/aromatic N) is 3. The number of carbonyl (C=O) groups excluding carboxylic acids is 1. The average molecular weight is 361 g/mol. The zero-order chi connectivity index (χ0) is 14.7. The van der Waals surface area contributed by atoms with Gasteiger partial charge in [-0.3, -0.25) is 4.79 Å². The van der Waals surface area contributed by atoms with E-state index in [0.29, 0.717) is 6.04 Å². The number of pyridine rings is 1. The smallest absolute Gasteiger partial charge is 0.257 e. The lowest BCUT2D eigenvalue weighted by Crippen LogP contribution is -2.40. The number of carbonyl (C=O) groups is 1. The predicted molar refractivity (Wildman–Crippen MR) is 98.2 cm³/mol. The highest BCUT2D eigenvalue weighted by Gasteiger charge is 2.27. The Hall–Kier alpha value is -1.04. The maximum Gasteiger partial charge on any atom is 0.257 e. The first-order chi connectivity index (χ1) is 10.3. The van der Waals surface area contributed by atoms with Crippen LogP contribution in [0.2, 0.25) is 0 Å². The maximum absolute atomic E-state index is 12.8. The third kappa shape index (κ3) is 4.49. The zero-order valence-electron chi connectivity index (χ0n) is 13.5. The molecule has 2 saturated heterocycles. The van der Waals surface area contributed by atoms with Crippen LogP contribution in [0.15, 0.2) is 18.3 Å². The van der Waals surface area contributed by atoms with Gasteiger partial charge in [0.25, 0.3) is 5.91 Å². The van der Waals surface area contributed by atoms with E-state index in [4.69, 9.17) is 0 Å². The van der Waals surface area contributed by atoms with E-state index in [1.165, 1.54) is 19.3 Å². The Kier molecular flexibility index (Phi) is 8.09. The van der Waals surface area contributed by atoms with Gasteiger partial charge >= 0.3 is 0 Å². The highest BCUT2D eigenvalue weighted by Crippen LogP contribution is 2.23. The molecule has 0 aliphatic carbocycles. The molecule has 1 amide bonds. The number of hydrogen-bond donors (Lipinski definition) is 1. The van der Waals surface area contributed by atoms with Crippen LogP contribution in [0.4, 0.5) is 5.82 Å². The molecule has 1 aromatic heterocycles. The van der Waals surface area contributed by atoms with Gasteiger partial charge in [-0.2, -0.15) is 0 Å². The molecule has 1 unspecified atom stereocenters. The largest absolute Gasteiger partial charge is 0.356 e. The third-order valence-corrected chi connectivity index (χ3v) is 4.58. The maximum atomic E-state index is 12.8. The molecule has 0 bridgehead atoms. The minimum atomic E-state index is 0. The third-order valence-electron chi connectivity index (χ3n) is 4.58. The van der Waals surface area contributed by atoms with Crippen molar-refractivity contribution < 1.29 is 4.79 Å². The molecule has 3 heterocycles. The standard InChI is InChI=1S/C16H24N4O.2ClH/c1-19(13-7-9-17-12-13)16(21)14-6-5-8-18-15(14)20-10-3-2-4-11-20;;/h5-6,8,13,17H,2-4,7,9-12H2,1H3;2*1H. The van der Waals surface area contributed by atoms with Crippen molar-refractivity contribution in [1.29, 1.82) is 0 Å². The van der Waals surface area contributed by atoms with E-state index >= 15 is 0 Å². The number of likely N-dealkylation sites (N-methyl/N-ethyl adjacent to an activating group) is 1. The van der Waals surface area contributed by atoms with Crippen LogP contribution in [0.5, 0.6) is 0 Å². The van der Waals surface area contributed by atoms with Crippen LogP contribution < -0.4 is 10.2 Å². The molecule has 0 saturated carbocycles. The topological polar surface area (TPSA) is 48.5 Å². The van der Waals surface area contributed by atoms with E-state index in [1.807, 2.05) is 24.1 Å². The summed E-state index contributed by atoms with van der Waals surface area (Å²) in [7, 11) is 1.91. The Labute approximate surface area is 150 Å². The summed E-state index contributed by atoms with van der Waals surface area (Å²) in [5.74, 6) is 0.956. The molecule has 1 N–H and O–H groups in total. The number of aromatic nitrogens is 1. The summed E-state index contributed by atoms with van der Waals surface area (Å²) in [6.45, 7) is 3.90. The highest BCUT2D eigenvalue weighted by atomic mass is 35.5. The van der Waals surface area contributed by atoms with Crippen molar-refractivity contribution in [3.8, 4) is 0 Å². The first-order valence-corrected chi connectivity index (χ1v) is 7.95. The fraction of sp³-hybridized carbons (Fsp3) is 0.625. The molecular weight excluding hydrogens is 335 g/mol. The molecule has 0 aromatic carbocycles. The van der Waals surface area contributed by atoms with Gasteiger partial charge in [0.2, 0.25) is 0 Å². The average Bonchev–Trinajstić information content (AvgIpc) is 3.09. The van der Waals surface area contributed by atoms with E-state index < -0.39 is 0 Å². The normalized spacial score (nSPS) is 20.4. The Morgan fingerprint density at radius 3 is 2.70 bits per heavy atom. The highest BCUT2D eigenvalue weighted by molar-refractivity contribution is 5.99. The van der Waals surface area contributed by atoms with E-state index in [0.717, 1.165) is 44.0 Å². The summed E-state index contributed by atoms with van der Waals surface area (Å²) < 4.78 is 0. The molecular formula is C16H26Cl2N4O. The summed E-state index contributed by atoms with van der Waals surface area (Å²) in [6, 6.07) is 4.08. The van der Waals surface area contributed by atoms with Crippen LogP contribution in [-0.4, -0.2) is 55.1 Å². The molecule has 2 aliphatic heterocycles. The van der Waals surface area contributed by atoms with Crippen molar-refractivity contribution in [3.63, 3.8) is 0 Å². The number of piperidine rings is 1. The fourth-order valence-corrected chi connectivity index (χ4v) is 3.25. The van der Waals surface area contributed by atoms with E-state index in [9.17, 15) is 4.79 Å². The second-order valence-electron chi connectivity index (χ2n) is 5.98. The Balaban J connectivity index is 0.00000132. The van der Waals surface area contributed by atoms with Crippen LogP contribution in [0, 0.1) is 0 Å². The van der Waals surface area contributed by atoms with Crippen LogP contribution >= 0.6 is 24.8 Å².